The highest BCUT2D eigenvalue weighted by molar-refractivity contribution is 8.13. The number of nitrogens with zero attached hydrogens (tertiary/aromatic N) is 1. The Labute approximate surface area is 233 Å². The molecule has 3 atom stereocenters. The largest absolute Gasteiger partial charge is 0.287 e. The van der Waals surface area contributed by atoms with E-state index in [4.69, 9.17) is 11.6 Å². The fourth-order valence-corrected chi connectivity index (χ4v) is 4.91. The molecular formula is C30H47ClFNO3S. The van der Waals surface area contributed by atoms with E-state index < -0.39 is 40.3 Å². The molecular weight excluding hydrogens is 509 g/mol. The molecule has 4 nitrogen and oxygen atoms in total. The average Bonchev–Trinajstić information content (AvgIpc) is 2.84. The number of rotatable bonds is 11. The zero-order valence-corrected chi connectivity index (χ0v) is 26.4. The molecule has 0 spiro atoms. The van der Waals surface area contributed by atoms with Gasteiger partial charge in [-0.1, -0.05) is 114 Å². The molecule has 0 aliphatic carbocycles. The van der Waals surface area contributed by atoms with Crippen molar-refractivity contribution in [1.82, 2.24) is 0 Å². The number of thioether (sulfide) groups is 1. The molecule has 0 saturated heterocycles. The first kappa shape index (κ1) is 33.6. The van der Waals surface area contributed by atoms with Crippen molar-refractivity contribution in [2.45, 2.75) is 107 Å². The van der Waals surface area contributed by atoms with Crippen LogP contribution in [0.25, 0.3) is 0 Å². The smallest absolute Gasteiger partial charge is 0.237 e. The summed E-state index contributed by atoms with van der Waals surface area (Å²) in [5, 5.41) is -0.0266. The minimum Gasteiger partial charge on any atom is -0.287 e. The maximum absolute atomic E-state index is 15.5. The number of hydrogen-bond donors (Lipinski definition) is 0. The molecule has 0 aliphatic rings. The normalized spacial score (nSPS) is 15.2. The summed E-state index contributed by atoms with van der Waals surface area (Å²) in [6.07, 6.45) is 2.24. The standard InChI is InChI=1S/C30H47ClFNO3S/c1-13-28(7,8)18(4)25(34)33(26(35)19(5)29(9,10)14-2)23-17-24(21(31)16-22(23)32)37-27(36)20(6)30(11,12)15-3/h16-20H,13-15H2,1-12H3. The number of hydrogen-bond acceptors (Lipinski definition) is 4. The van der Waals surface area contributed by atoms with Gasteiger partial charge >= 0.3 is 0 Å². The van der Waals surface area contributed by atoms with Crippen molar-refractivity contribution in [3.05, 3.63) is 23.0 Å². The van der Waals surface area contributed by atoms with Crippen molar-refractivity contribution in [2.24, 2.45) is 34.0 Å². The Morgan fingerprint density at radius 3 is 1.57 bits per heavy atom. The van der Waals surface area contributed by atoms with Crippen LogP contribution in [-0.4, -0.2) is 16.9 Å². The van der Waals surface area contributed by atoms with E-state index in [0.29, 0.717) is 17.7 Å². The van der Waals surface area contributed by atoms with Crippen LogP contribution < -0.4 is 4.90 Å². The van der Waals surface area contributed by atoms with Gasteiger partial charge in [0, 0.05) is 22.6 Å². The van der Waals surface area contributed by atoms with Crippen LogP contribution in [0.4, 0.5) is 10.1 Å². The van der Waals surface area contributed by atoms with Crippen molar-refractivity contribution in [1.29, 1.82) is 0 Å². The number of imide groups is 1. The van der Waals surface area contributed by atoms with Gasteiger partial charge in [-0.15, -0.1) is 0 Å². The molecule has 1 aromatic rings. The Balaban J connectivity index is 3.71. The molecule has 1 aromatic carbocycles. The predicted molar refractivity (Wildman–Crippen MR) is 154 cm³/mol. The van der Waals surface area contributed by atoms with Gasteiger partial charge in [0.1, 0.15) is 5.82 Å². The molecule has 0 aromatic heterocycles. The lowest BCUT2D eigenvalue weighted by Crippen LogP contribution is -2.49. The number of anilines is 1. The van der Waals surface area contributed by atoms with Crippen LogP contribution in [0.2, 0.25) is 5.02 Å². The Kier molecular flexibility index (Phi) is 11.5. The summed E-state index contributed by atoms with van der Waals surface area (Å²) < 4.78 is 15.5. The number of carbonyl (C=O) groups excluding carboxylic acids is 3. The Morgan fingerprint density at radius 2 is 1.19 bits per heavy atom. The van der Waals surface area contributed by atoms with Crippen LogP contribution in [0, 0.1) is 39.8 Å². The summed E-state index contributed by atoms with van der Waals surface area (Å²) in [7, 11) is 0. The highest BCUT2D eigenvalue weighted by Gasteiger charge is 2.41. The molecule has 0 N–H and O–H groups in total. The zero-order chi connectivity index (χ0) is 29.1. The van der Waals surface area contributed by atoms with Crippen LogP contribution in [0.15, 0.2) is 17.0 Å². The van der Waals surface area contributed by atoms with Crippen LogP contribution in [0.1, 0.15) is 102 Å². The quantitative estimate of drug-likeness (QED) is 0.255. The molecule has 37 heavy (non-hydrogen) atoms. The second kappa shape index (κ2) is 12.6. The lowest BCUT2D eigenvalue weighted by atomic mass is 9.75. The number of carbonyl (C=O) groups is 3. The van der Waals surface area contributed by atoms with E-state index in [1.807, 2.05) is 69.2 Å². The number of benzene rings is 1. The molecule has 0 radical (unpaired) electrons. The summed E-state index contributed by atoms with van der Waals surface area (Å²) >= 11 is 7.31. The number of halogens is 2. The number of amides is 2. The van der Waals surface area contributed by atoms with Crippen molar-refractivity contribution in [3.63, 3.8) is 0 Å². The summed E-state index contributed by atoms with van der Waals surface area (Å²) in [6, 6.07) is 2.49. The maximum atomic E-state index is 15.5. The van der Waals surface area contributed by atoms with Gasteiger partial charge in [-0.2, -0.15) is 0 Å². The SMILES string of the molecule is CCC(C)(C)C(C)C(=O)Sc1cc(N(C(=O)C(C)C(C)(C)CC)C(=O)C(C)C(C)(C)CC)c(F)cc1Cl. The molecule has 1 rings (SSSR count). The van der Waals surface area contributed by atoms with Crippen molar-refractivity contribution >= 4 is 46.0 Å². The van der Waals surface area contributed by atoms with Crippen molar-refractivity contribution in [3.8, 4) is 0 Å². The minimum absolute atomic E-state index is 0.0739. The van der Waals surface area contributed by atoms with Gasteiger partial charge in [0.2, 0.25) is 11.8 Å². The fraction of sp³-hybridized carbons (Fsp3) is 0.700. The summed E-state index contributed by atoms with van der Waals surface area (Å²) in [5.74, 6) is -3.05. The van der Waals surface area contributed by atoms with Crippen LogP contribution in [0.5, 0.6) is 0 Å². The fourth-order valence-electron chi connectivity index (χ4n) is 3.60. The third-order valence-electron chi connectivity index (χ3n) is 9.24. The van der Waals surface area contributed by atoms with Gasteiger partial charge in [0.25, 0.3) is 0 Å². The Morgan fingerprint density at radius 1 is 0.811 bits per heavy atom. The lowest BCUT2D eigenvalue weighted by Gasteiger charge is -2.37. The predicted octanol–water partition coefficient (Wildman–Crippen LogP) is 9.17. The van der Waals surface area contributed by atoms with Crippen LogP contribution in [0.3, 0.4) is 0 Å². The molecule has 0 saturated carbocycles. The van der Waals surface area contributed by atoms with E-state index in [2.05, 4.69) is 0 Å². The van der Waals surface area contributed by atoms with Gasteiger partial charge in [0.15, 0.2) is 5.12 Å². The van der Waals surface area contributed by atoms with Crippen LogP contribution >= 0.6 is 23.4 Å². The third-order valence-corrected chi connectivity index (χ3v) is 10.8. The lowest BCUT2D eigenvalue weighted by molar-refractivity contribution is -0.134. The first-order valence-electron chi connectivity index (χ1n) is 13.4. The second-order valence-electron chi connectivity index (χ2n) is 12.4. The van der Waals surface area contributed by atoms with E-state index in [1.54, 1.807) is 13.8 Å². The highest BCUT2D eigenvalue weighted by Crippen LogP contribution is 2.42. The molecule has 0 bridgehead atoms. The summed E-state index contributed by atoms with van der Waals surface area (Å²) in [5.41, 5.74) is -1.19. The van der Waals surface area contributed by atoms with Gasteiger partial charge in [-0.3, -0.25) is 14.4 Å². The van der Waals surface area contributed by atoms with E-state index in [9.17, 15) is 14.4 Å². The van der Waals surface area contributed by atoms with Gasteiger partial charge < -0.3 is 0 Å². The third kappa shape index (κ3) is 7.59. The monoisotopic (exact) mass is 555 g/mol. The molecule has 3 unspecified atom stereocenters. The highest BCUT2D eigenvalue weighted by atomic mass is 35.5. The molecule has 7 heteroatoms. The van der Waals surface area contributed by atoms with Gasteiger partial charge in [0.05, 0.1) is 10.7 Å². The second-order valence-corrected chi connectivity index (χ2v) is 13.8. The summed E-state index contributed by atoms with van der Waals surface area (Å²) in [4.78, 5) is 42.2. The Bertz CT molecular complexity index is 971. The van der Waals surface area contributed by atoms with Crippen molar-refractivity contribution in [2.75, 3.05) is 4.90 Å². The molecule has 210 valence electrons. The first-order valence-corrected chi connectivity index (χ1v) is 14.6. The van der Waals surface area contributed by atoms with E-state index >= 15 is 4.39 Å². The van der Waals surface area contributed by atoms with Crippen LogP contribution in [-0.2, 0) is 14.4 Å². The topological polar surface area (TPSA) is 54.5 Å². The van der Waals surface area contributed by atoms with E-state index in [0.717, 1.165) is 29.1 Å². The molecule has 0 aliphatic heterocycles. The molecule has 2 amide bonds. The average molecular weight is 556 g/mol. The van der Waals surface area contributed by atoms with E-state index in [-0.39, 0.29) is 27.2 Å². The van der Waals surface area contributed by atoms with Gasteiger partial charge in [-0.05, 0) is 40.1 Å². The van der Waals surface area contributed by atoms with Gasteiger partial charge in [-0.25, -0.2) is 9.29 Å². The minimum atomic E-state index is -0.770. The zero-order valence-electron chi connectivity index (χ0n) is 24.8. The van der Waals surface area contributed by atoms with Crippen molar-refractivity contribution < 1.29 is 18.8 Å². The summed E-state index contributed by atoms with van der Waals surface area (Å²) in [6.45, 7) is 23.4. The Hall–Kier alpha value is -1.40. The maximum Gasteiger partial charge on any atom is 0.237 e. The molecule has 0 heterocycles. The first-order chi connectivity index (χ1) is 16.8. The van der Waals surface area contributed by atoms with E-state index in [1.165, 1.54) is 6.07 Å². The molecule has 0 fully saturated rings.